The summed E-state index contributed by atoms with van der Waals surface area (Å²) in [4.78, 5) is 0. The number of hydrogen-bond acceptors (Lipinski definition) is 5. The molecule has 14 heavy (non-hydrogen) atoms. The Balaban J connectivity index is 0. The van der Waals surface area contributed by atoms with E-state index in [-0.39, 0.29) is 6.61 Å². The van der Waals surface area contributed by atoms with Gasteiger partial charge in [-0.25, -0.2) is 0 Å². The Labute approximate surface area is 85.9 Å². The average Bonchev–Trinajstić information content (AvgIpc) is 2.22. The fraction of sp³-hybridized carbons (Fsp3) is 1.00. The molecule has 0 saturated carbocycles. The van der Waals surface area contributed by atoms with Crippen LogP contribution in [0.4, 0.5) is 0 Å². The molecule has 0 fully saturated rings. The summed E-state index contributed by atoms with van der Waals surface area (Å²) in [7, 11) is 4.92. The van der Waals surface area contributed by atoms with E-state index in [1.807, 2.05) is 0 Å². The molecule has 0 aliphatic heterocycles. The Kier molecular flexibility index (Phi) is 21.5. The van der Waals surface area contributed by atoms with Crippen molar-refractivity contribution in [2.75, 3.05) is 61.0 Å². The molecule has 0 amide bonds. The molecular formula is C9H22O5. The summed E-state index contributed by atoms with van der Waals surface area (Å²) in [5.41, 5.74) is 0. The summed E-state index contributed by atoms with van der Waals surface area (Å²) in [6.45, 7) is 3.04. The molecule has 0 heterocycles. The van der Waals surface area contributed by atoms with Gasteiger partial charge in [-0.3, -0.25) is 0 Å². The summed E-state index contributed by atoms with van der Waals surface area (Å²) in [5, 5.41) is 8.20. The van der Waals surface area contributed by atoms with Crippen LogP contribution in [-0.2, 0) is 18.9 Å². The SMILES string of the molecule is COCCOC.COCCOCCO. The lowest BCUT2D eigenvalue weighted by atomic mass is 10.7. The third-order valence-corrected chi connectivity index (χ3v) is 1.16. The molecule has 0 bridgehead atoms. The van der Waals surface area contributed by atoms with Crippen molar-refractivity contribution in [2.24, 2.45) is 0 Å². The first-order chi connectivity index (χ1) is 6.83. The van der Waals surface area contributed by atoms with E-state index < -0.39 is 0 Å². The highest BCUT2D eigenvalue weighted by molar-refractivity contribution is 4.26. The molecule has 88 valence electrons. The summed E-state index contributed by atoms with van der Waals surface area (Å²) in [6, 6.07) is 0. The Morgan fingerprint density at radius 2 is 1.14 bits per heavy atom. The van der Waals surface area contributed by atoms with Gasteiger partial charge in [0.25, 0.3) is 0 Å². The highest BCUT2D eigenvalue weighted by atomic mass is 16.5. The maximum atomic E-state index is 8.20. The normalized spacial score (nSPS) is 9.43. The van der Waals surface area contributed by atoms with Crippen molar-refractivity contribution in [3.8, 4) is 0 Å². The van der Waals surface area contributed by atoms with Gasteiger partial charge in [0.1, 0.15) is 0 Å². The van der Waals surface area contributed by atoms with Crippen LogP contribution in [0.2, 0.25) is 0 Å². The molecule has 0 aliphatic carbocycles. The summed E-state index contributed by atoms with van der Waals surface area (Å²) in [6.07, 6.45) is 0. The number of rotatable bonds is 8. The quantitative estimate of drug-likeness (QED) is 0.568. The minimum Gasteiger partial charge on any atom is -0.394 e. The van der Waals surface area contributed by atoms with Crippen molar-refractivity contribution in [1.82, 2.24) is 0 Å². The Morgan fingerprint density at radius 3 is 1.50 bits per heavy atom. The third kappa shape index (κ3) is 22.6. The largest absolute Gasteiger partial charge is 0.394 e. The lowest BCUT2D eigenvalue weighted by Gasteiger charge is -1.98. The first-order valence-corrected chi connectivity index (χ1v) is 4.48. The van der Waals surface area contributed by atoms with E-state index in [2.05, 4.69) is 14.2 Å². The molecular weight excluding hydrogens is 188 g/mol. The molecule has 0 aromatic rings. The number of aliphatic hydroxyl groups is 1. The third-order valence-electron chi connectivity index (χ3n) is 1.16. The first kappa shape index (κ1) is 16.2. The standard InChI is InChI=1S/C5H12O3.C4H10O2/c1-7-4-5-8-3-2-6;1-5-3-4-6-2/h6H,2-5H2,1H3;3-4H2,1-2H3. The van der Waals surface area contributed by atoms with Crippen LogP contribution >= 0.6 is 0 Å². The van der Waals surface area contributed by atoms with Gasteiger partial charge >= 0.3 is 0 Å². The predicted molar refractivity (Wildman–Crippen MR) is 53.5 cm³/mol. The van der Waals surface area contributed by atoms with Crippen molar-refractivity contribution < 1.29 is 24.1 Å². The highest BCUT2D eigenvalue weighted by Crippen LogP contribution is 1.72. The fourth-order valence-electron chi connectivity index (χ4n) is 0.476. The van der Waals surface area contributed by atoms with Crippen LogP contribution in [0, 0.1) is 0 Å². The van der Waals surface area contributed by atoms with Crippen LogP contribution in [-0.4, -0.2) is 66.1 Å². The van der Waals surface area contributed by atoms with Crippen molar-refractivity contribution in [3.05, 3.63) is 0 Å². The van der Waals surface area contributed by atoms with E-state index in [9.17, 15) is 0 Å². The fourth-order valence-corrected chi connectivity index (χ4v) is 0.476. The summed E-state index contributed by atoms with van der Waals surface area (Å²) < 4.78 is 18.8. The van der Waals surface area contributed by atoms with E-state index in [1.165, 1.54) is 0 Å². The minimum absolute atomic E-state index is 0.0870. The highest BCUT2D eigenvalue weighted by Gasteiger charge is 1.82. The van der Waals surface area contributed by atoms with Crippen LogP contribution in [0.1, 0.15) is 0 Å². The van der Waals surface area contributed by atoms with E-state index >= 15 is 0 Å². The monoisotopic (exact) mass is 210 g/mol. The maximum absolute atomic E-state index is 8.20. The Morgan fingerprint density at radius 1 is 0.714 bits per heavy atom. The zero-order chi connectivity index (χ0) is 11.1. The van der Waals surface area contributed by atoms with Crippen molar-refractivity contribution in [3.63, 3.8) is 0 Å². The van der Waals surface area contributed by atoms with E-state index in [1.54, 1.807) is 21.3 Å². The van der Waals surface area contributed by atoms with Gasteiger partial charge in [-0.1, -0.05) is 0 Å². The lowest BCUT2D eigenvalue weighted by molar-refractivity contribution is 0.0500. The second-order valence-electron chi connectivity index (χ2n) is 2.31. The van der Waals surface area contributed by atoms with Crippen LogP contribution in [0.3, 0.4) is 0 Å². The van der Waals surface area contributed by atoms with E-state index in [0.717, 1.165) is 0 Å². The molecule has 0 radical (unpaired) electrons. The van der Waals surface area contributed by atoms with Gasteiger partial charge in [-0.15, -0.1) is 0 Å². The number of hydrogen-bond donors (Lipinski definition) is 1. The molecule has 0 unspecified atom stereocenters. The maximum Gasteiger partial charge on any atom is 0.0701 e. The number of aliphatic hydroxyl groups excluding tert-OH is 1. The topological polar surface area (TPSA) is 57.2 Å². The van der Waals surface area contributed by atoms with Crippen LogP contribution < -0.4 is 0 Å². The van der Waals surface area contributed by atoms with Gasteiger partial charge in [0, 0.05) is 21.3 Å². The molecule has 0 aliphatic rings. The molecule has 0 saturated heterocycles. The Hall–Kier alpha value is -0.200. The number of methoxy groups -OCH3 is 3. The van der Waals surface area contributed by atoms with Crippen molar-refractivity contribution >= 4 is 0 Å². The molecule has 5 nitrogen and oxygen atoms in total. The number of ether oxygens (including phenoxy) is 4. The molecule has 0 aromatic heterocycles. The molecule has 0 aromatic carbocycles. The summed E-state index contributed by atoms with van der Waals surface area (Å²) in [5.74, 6) is 0. The van der Waals surface area contributed by atoms with Crippen LogP contribution in [0.15, 0.2) is 0 Å². The van der Waals surface area contributed by atoms with Gasteiger partial charge in [-0.05, 0) is 0 Å². The van der Waals surface area contributed by atoms with Gasteiger partial charge in [0.15, 0.2) is 0 Å². The second-order valence-corrected chi connectivity index (χ2v) is 2.31. The lowest BCUT2D eigenvalue weighted by Crippen LogP contribution is -2.05. The predicted octanol–water partition coefficient (Wildman–Crippen LogP) is -0.0791. The zero-order valence-corrected chi connectivity index (χ0v) is 9.32. The molecule has 0 rings (SSSR count). The van der Waals surface area contributed by atoms with Gasteiger partial charge in [0.05, 0.1) is 39.6 Å². The van der Waals surface area contributed by atoms with Crippen molar-refractivity contribution in [2.45, 2.75) is 0 Å². The van der Waals surface area contributed by atoms with Gasteiger partial charge < -0.3 is 24.1 Å². The zero-order valence-electron chi connectivity index (χ0n) is 9.32. The first-order valence-electron chi connectivity index (χ1n) is 4.48. The van der Waals surface area contributed by atoms with E-state index in [0.29, 0.717) is 33.0 Å². The van der Waals surface area contributed by atoms with E-state index in [4.69, 9.17) is 9.84 Å². The molecule has 1 N–H and O–H groups in total. The second kappa shape index (κ2) is 18.6. The van der Waals surface area contributed by atoms with Gasteiger partial charge in [-0.2, -0.15) is 0 Å². The smallest absolute Gasteiger partial charge is 0.0701 e. The summed E-state index contributed by atoms with van der Waals surface area (Å²) >= 11 is 0. The average molecular weight is 210 g/mol. The molecule has 0 atom stereocenters. The molecule has 5 heteroatoms. The van der Waals surface area contributed by atoms with Crippen molar-refractivity contribution in [1.29, 1.82) is 0 Å². The van der Waals surface area contributed by atoms with Crippen LogP contribution in [0.5, 0.6) is 0 Å². The Bertz CT molecular complexity index is 69.6. The van der Waals surface area contributed by atoms with Crippen LogP contribution in [0.25, 0.3) is 0 Å². The van der Waals surface area contributed by atoms with Gasteiger partial charge in [0.2, 0.25) is 0 Å². The molecule has 0 spiro atoms. The minimum atomic E-state index is 0.0870.